The quantitative estimate of drug-likeness (QED) is 0.427. The van der Waals surface area contributed by atoms with Gasteiger partial charge in [-0.2, -0.15) is 0 Å². The maximum Gasteiger partial charge on any atom is 0.337 e. The fourth-order valence-corrected chi connectivity index (χ4v) is 4.46. The molecule has 3 aromatic rings. The number of carboxylic acids is 1. The van der Waals surface area contributed by atoms with Crippen molar-refractivity contribution in [1.29, 1.82) is 0 Å². The molecule has 1 N–H and O–H groups in total. The van der Waals surface area contributed by atoms with Gasteiger partial charge in [-0.25, -0.2) is 13.6 Å². The molecule has 3 rings (SSSR count). The Kier molecular flexibility index (Phi) is 6.91. The van der Waals surface area contributed by atoms with Gasteiger partial charge in [0.15, 0.2) is 12.0 Å². The van der Waals surface area contributed by atoms with Gasteiger partial charge in [-0.05, 0) is 47.2 Å². The lowest BCUT2D eigenvalue weighted by molar-refractivity contribution is -0.123. The van der Waals surface area contributed by atoms with Crippen LogP contribution in [0.3, 0.4) is 0 Å². The van der Waals surface area contributed by atoms with E-state index < -0.39 is 23.7 Å². The van der Waals surface area contributed by atoms with Crippen LogP contribution in [0.5, 0.6) is 0 Å². The first kappa shape index (κ1) is 22.4. The lowest BCUT2D eigenvalue weighted by Gasteiger charge is -2.11. The van der Waals surface area contributed by atoms with E-state index in [0.29, 0.717) is 27.3 Å². The summed E-state index contributed by atoms with van der Waals surface area (Å²) in [5.41, 5.74) is 1.67. The van der Waals surface area contributed by atoms with Crippen LogP contribution in [0.2, 0.25) is 10.0 Å². The van der Waals surface area contributed by atoms with Crippen LogP contribution in [0, 0.1) is 12.7 Å². The van der Waals surface area contributed by atoms with Crippen molar-refractivity contribution in [2.75, 3.05) is 0 Å². The third kappa shape index (κ3) is 4.89. The molecule has 1 heterocycles. The number of carbonyl (C=O) groups is 2. The molecule has 0 saturated carbocycles. The second-order valence-corrected chi connectivity index (χ2v) is 8.57. The molecule has 0 aliphatic rings. The maximum absolute atomic E-state index is 14.6. The Morgan fingerprint density at radius 1 is 1.17 bits per heavy atom. The van der Waals surface area contributed by atoms with Gasteiger partial charge in [0.2, 0.25) is 0 Å². The van der Waals surface area contributed by atoms with Crippen molar-refractivity contribution in [2.24, 2.45) is 0 Å². The first-order valence-corrected chi connectivity index (χ1v) is 10.5. The van der Waals surface area contributed by atoms with Gasteiger partial charge in [0, 0.05) is 33.3 Å². The molecule has 0 radical (unpaired) electrons. The van der Waals surface area contributed by atoms with E-state index in [9.17, 15) is 23.5 Å². The minimum Gasteiger partial charge on any atom is -0.478 e. The summed E-state index contributed by atoms with van der Waals surface area (Å²) in [6.45, 7) is 1.52. The van der Waals surface area contributed by atoms with Crippen LogP contribution in [0.15, 0.2) is 41.8 Å². The van der Waals surface area contributed by atoms with Crippen molar-refractivity contribution in [3.05, 3.63) is 79.2 Å². The van der Waals surface area contributed by atoms with Crippen LogP contribution in [-0.4, -0.2) is 23.0 Å². The standard InChI is InChI=1S/C22H16Cl2F2O3S/c1-11-6-13(16(24)8-17(11)25)7-18(26)19(27)9-20-21(22(28)29)15(10-30-20)12-2-4-14(23)5-3-12/h2-6,8,10,18H,7,9H2,1H3,(H,28,29). The maximum atomic E-state index is 14.6. The highest BCUT2D eigenvalue weighted by Crippen LogP contribution is 2.33. The summed E-state index contributed by atoms with van der Waals surface area (Å²) >= 11 is 12.9. The largest absolute Gasteiger partial charge is 0.478 e. The molecule has 8 heteroatoms. The molecule has 0 saturated heterocycles. The molecule has 1 aromatic heterocycles. The molecule has 156 valence electrons. The first-order valence-electron chi connectivity index (χ1n) is 8.88. The Bertz CT molecular complexity index is 1110. The zero-order valence-corrected chi connectivity index (χ0v) is 18.0. The highest BCUT2D eigenvalue weighted by atomic mass is 35.5. The average Bonchev–Trinajstić information content (AvgIpc) is 3.10. The van der Waals surface area contributed by atoms with Gasteiger partial charge < -0.3 is 5.11 Å². The van der Waals surface area contributed by atoms with Crippen LogP contribution in [0.25, 0.3) is 11.1 Å². The van der Waals surface area contributed by atoms with Gasteiger partial charge in [0.25, 0.3) is 0 Å². The number of rotatable bonds is 7. The molecule has 0 bridgehead atoms. The van der Waals surface area contributed by atoms with E-state index in [-0.39, 0.29) is 28.3 Å². The zero-order valence-electron chi connectivity index (χ0n) is 15.7. The average molecular weight is 469 g/mol. The van der Waals surface area contributed by atoms with Crippen molar-refractivity contribution < 1.29 is 23.5 Å². The second kappa shape index (κ2) is 9.25. The molecule has 0 fully saturated rings. The lowest BCUT2D eigenvalue weighted by atomic mass is 9.98. The number of halogens is 4. The van der Waals surface area contributed by atoms with Gasteiger partial charge in [-0.1, -0.05) is 41.4 Å². The Morgan fingerprint density at radius 2 is 1.83 bits per heavy atom. The van der Waals surface area contributed by atoms with Crippen molar-refractivity contribution >= 4 is 46.3 Å². The van der Waals surface area contributed by atoms with Gasteiger partial charge in [-0.15, -0.1) is 11.3 Å². The van der Waals surface area contributed by atoms with Crippen LogP contribution in [-0.2, 0) is 17.6 Å². The van der Waals surface area contributed by atoms with Crippen molar-refractivity contribution in [2.45, 2.75) is 25.9 Å². The number of hydrogen-bond acceptors (Lipinski definition) is 3. The molecule has 0 amide bonds. The van der Waals surface area contributed by atoms with E-state index in [4.69, 9.17) is 23.2 Å². The van der Waals surface area contributed by atoms with E-state index in [2.05, 4.69) is 0 Å². The fraction of sp³-hybridized carbons (Fsp3) is 0.182. The summed E-state index contributed by atoms with van der Waals surface area (Å²) in [5, 5.41) is 11.8. The summed E-state index contributed by atoms with van der Waals surface area (Å²) < 4.78 is 28.1. The monoisotopic (exact) mass is 468 g/mol. The number of benzene rings is 2. The SMILES string of the molecule is Cc1cc(CC(F)C(=O)Cc2scc(-c3ccc(Cl)cc3)c2C(=O)O)c(Cl)cc1F. The lowest BCUT2D eigenvalue weighted by Crippen LogP contribution is -2.21. The van der Waals surface area contributed by atoms with Crippen molar-refractivity contribution in [3.63, 3.8) is 0 Å². The fourth-order valence-electron chi connectivity index (χ4n) is 3.05. The number of carbonyl (C=O) groups excluding carboxylic acids is 1. The highest BCUT2D eigenvalue weighted by Gasteiger charge is 2.25. The Balaban J connectivity index is 1.82. The van der Waals surface area contributed by atoms with Gasteiger partial charge in [0.1, 0.15) is 5.82 Å². The van der Waals surface area contributed by atoms with Gasteiger partial charge in [0.05, 0.1) is 5.56 Å². The minimum atomic E-state index is -1.89. The van der Waals surface area contributed by atoms with E-state index >= 15 is 0 Å². The molecule has 30 heavy (non-hydrogen) atoms. The molecule has 0 aliphatic heterocycles. The number of Topliss-reactive ketones (excluding diaryl/α,β-unsaturated/α-hetero) is 1. The molecule has 0 aliphatic carbocycles. The van der Waals surface area contributed by atoms with Crippen molar-refractivity contribution in [1.82, 2.24) is 0 Å². The number of alkyl halides is 1. The van der Waals surface area contributed by atoms with Gasteiger partial charge >= 0.3 is 5.97 Å². The van der Waals surface area contributed by atoms with E-state index in [0.717, 1.165) is 17.4 Å². The summed E-state index contributed by atoms with van der Waals surface area (Å²) in [4.78, 5) is 24.5. The zero-order chi connectivity index (χ0) is 22.0. The van der Waals surface area contributed by atoms with Crippen LogP contribution in [0.1, 0.15) is 26.4 Å². The molecule has 0 spiro atoms. The Hall–Kier alpha value is -2.28. The summed E-state index contributed by atoms with van der Waals surface area (Å²) in [6, 6.07) is 9.13. The van der Waals surface area contributed by atoms with Crippen LogP contribution in [0.4, 0.5) is 8.78 Å². The summed E-state index contributed by atoms with van der Waals surface area (Å²) in [7, 11) is 0. The molecular weight excluding hydrogens is 453 g/mol. The topological polar surface area (TPSA) is 54.4 Å². The molecule has 1 unspecified atom stereocenters. The molecular formula is C22H16Cl2F2O3S. The normalized spacial score (nSPS) is 12.0. The predicted molar refractivity (Wildman–Crippen MR) is 115 cm³/mol. The second-order valence-electron chi connectivity index (χ2n) is 6.77. The number of aromatic carboxylic acids is 1. The van der Waals surface area contributed by atoms with E-state index in [1.54, 1.807) is 29.6 Å². The predicted octanol–water partition coefficient (Wildman–Crippen LogP) is 6.56. The Morgan fingerprint density at radius 3 is 2.47 bits per heavy atom. The summed E-state index contributed by atoms with van der Waals surface area (Å²) in [5.74, 6) is -2.47. The number of aryl methyl sites for hydroxylation is 1. The van der Waals surface area contributed by atoms with Crippen LogP contribution >= 0.6 is 34.5 Å². The van der Waals surface area contributed by atoms with Gasteiger partial charge in [-0.3, -0.25) is 4.79 Å². The van der Waals surface area contributed by atoms with Crippen LogP contribution < -0.4 is 0 Å². The first-order chi connectivity index (χ1) is 14.2. The number of hydrogen-bond donors (Lipinski definition) is 1. The Labute approximate surface area is 185 Å². The smallest absolute Gasteiger partial charge is 0.337 e. The number of ketones is 1. The third-order valence-corrected chi connectivity index (χ3v) is 6.24. The molecule has 3 nitrogen and oxygen atoms in total. The minimum absolute atomic E-state index is 0.0291. The van der Waals surface area contributed by atoms with Crippen molar-refractivity contribution in [3.8, 4) is 11.1 Å². The third-order valence-electron chi connectivity index (χ3n) is 4.65. The van der Waals surface area contributed by atoms with E-state index in [1.807, 2.05) is 0 Å². The number of carboxylic acid groups (broad SMARTS) is 1. The van der Waals surface area contributed by atoms with E-state index in [1.165, 1.54) is 13.0 Å². The summed E-state index contributed by atoms with van der Waals surface area (Å²) in [6.07, 6.45) is -2.56. The number of thiophene rings is 1. The molecule has 2 aromatic carbocycles. The highest BCUT2D eigenvalue weighted by molar-refractivity contribution is 7.11. The molecule has 1 atom stereocenters.